The standard InChI is InChI=1S/C14H20ClN3O2/c1-4-6-11-7-10(8-12(15)18-11)14(20)17-9(3)13(19)16-5-2/h7-9H,4-6H2,1-3H3,(H,16,19)(H,17,20). The lowest BCUT2D eigenvalue weighted by Crippen LogP contribution is -2.44. The fraction of sp³-hybridized carbons (Fsp3) is 0.500. The summed E-state index contributed by atoms with van der Waals surface area (Å²) in [6, 6.07) is 2.61. The number of halogens is 1. The zero-order valence-corrected chi connectivity index (χ0v) is 12.8. The highest BCUT2D eigenvalue weighted by atomic mass is 35.5. The van der Waals surface area contributed by atoms with Gasteiger partial charge < -0.3 is 10.6 Å². The first kappa shape index (κ1) is 16.4. The van der Waals surface area contributed by atoms with Crippen LogP contribution in [0.3, 0.4) is 0 Å². The van der Waals surface area contributed by atoms with Crippen LogP contribution in [0.25, 0.3) is 0 Å². The number of nitrogens with one attached hydrogen (secondary N) is 2. The third-order valence-electron chi connectivity index (χ3n) is 2.71. The van der Waals surface area contributed by atoms with Crippen LogP contribution in [0.2, 0.25) is 5.15 Å². The summed E-state index contributed by atoms with van der Waals surface area (Å²) in [5.41, 5.74) is 1.19. The molecule has 0 aromatic carbocycles. The topological polar surface area (TPSA) is 71.1 Å². The van der Waals surface area contributed by atoms with Gasteiger partial charge in [0.25, 0.3) is 5.91 Å². The molecule has 0 spiro atoms. The number of nitrogens with zero attached hydrogens (tertiary/aromatic N) is 1. The minimum Gasteiger partial charge on any atom is -0.355 e. The van der Waals surface area contributed by atoms with Gasteiger partial charge in [0.05, 0.1) is 0 Å². The molecule has 1 atom stereocenters. The van der Waals surface area contributed by atoms with Crippen LogP contribution in [-0.2, 0) is 11.2 Å². The second-order valence-corrected chi connectivity index (χ2v) is 4.90. The van der Waals surface area contributed by atoms with Crippen LogP contribution >= 0.6 is 11.6 Å². The van der Waals surface area contributed by atoms with Crippen molar-refractivity contribution in [3.63, 3.8) is 0 Å². The third kappa shape index (κ3) is 4.81. The Morgan fingerprint density at radius 1 is 1.35 bits per heavy atom. The Bertz CT molecular complexity index is 491. The van der Waals surface area contributed by atoms with Gasteiger partial charge in [0.2, 0.25) is 5.91 Å². The fourth-order valence-corrected chi connectivity index (χ4v) is 1.97. The van der Waals surface area contributed by atoms with Gasteiger partial charge in [-0.1, -0.05) is 24.9 Å². The van der Waals surface area contributed by atoms with Crippen molar-refractivity contribution in [1.29, 1.82) is 0 Å². The van der Waals surface area contributed by atoms with E-state index in [1.54, 1.807) is 13.0 Å². The number of rotatable bonds is 6. The second-order valence-electron chi connectivity index (χ2n) is 4.51. The lowest BCUT2D eigenvalue weighted by molar-refractivity contribution is -0.122. The fourth-order valence-electron chi connectivity index (χ4n) is 1.74. The number of likely N-dealkylation sites (N-methyl/N-ethyl adjacent to an activating group) is 1. The quantitative estimate of drug-likeness (QED) is 0.788. The summed E-state index contributed by atoms with van der Waals surface area (Å²) in [7, 11) is 0. The number of aryl methyl sites for hydroxylation is 1. The largest absolute Gasteiger partial charge is 0.355 e. The summed E-state index contributed by atoms with van der Waals surface area (Å²) < 4.78 is 0. The average Bonchev–Trinajstić information content (AvgIpc) is 2.38. The number of amides is 2. The zero-order chi connectivity index (χ0) is 15.1. The molecule has 6 heteroatoms. The molecule has 0 aliphatic heterocycles. The molecule has 5 nitrogen and oxygen atoms in total. The summed E-state index contributed by atoms with van der Waals surface area (Å²) in [5.74, 6) is -0.541. The first-order valence-electron chi connectivity index (χ1n) is 6.73. The van der Waals surface area contributed by atoms with Crippen molar-refractivity contribution >= 4 is 23.4 Å². The lowest BCUT2D eigenvalue weighted by atomic mass is 10.1. The minimum atomic E-state index is -0.594. The Hall–Kier alpha value is -1.62. The van der Waals surface area contributed by atoms with E-state index in [0.717, 1.165) is 18.5 Å². The molecule has 1 heterocycles. The van der Waals surface area contributed by atoms with Crippen molar-refractivity contribution in [2.75, 3.05) is 6.54 Å². The third-order valence-corrected chi connectivity index (χ3v) is 2.90. The van der Waals surface area contributed by atoms with Crippen LogP contribution in [0, 0.1) is 0 Å². The first-order chi connectivity index (χ1) is 9.47. The van der Waals surface area contributed by atoms with Gasteiger partial charge in [-0.3, -0.25) is 9.59 Å². The van der Waals surface area contributed by atoms with Gasteiger partial charge in [-0.25, -0.2) is 4.98 Å². The van der Waals surface area contributed by atoms with E-state index in [1.165, 1.54) is 6.07 Å². The smallest absolute Gasteiger partial charge is 0.252 e. The van der Waals surface area contributed by atoms with Crippen molar-refractivity contribution in [3.8, 4) is 0 Å². The number of carbonyl (C=O) groups is 2. The van der Waals surface area contributed by atoms with E-state index in [0.29, 0.717) is 12.1 Å². The van der Waals surface area contributed by atoms with E-state index in [4.69, 9.17) is 11.6 Å². The van der Waals surface area contributed by atoms with Gasteiger partial charge in [-0.15, -0.1) is 0 Å². The molecule has 0 bridgehead atoms. The molecule has 1 rings (SSSR count). The highest BCUT2D eigenvalue weighted by Gasteiger charge is 2.16. The highest BCUT2D eigenvalue weighted by molar-refractivity contribution is 6.29. The summed E-state index contributed by atoms with van der Waals surface area (Å²) in [6.45, 7) is 6.02. The molecule has 110 valence electrons. The predicted molar refractivity (Wildman–Crippen MR) is 78.9 cm³/mol. The average molecular weight is 298 g/mol. The second kappa shape index (κ2) is 7.85. The van der Waals surface area contributed by atoms with Crippen molar-refractivity contribution < 1.29 is 9.59 Å². The lowest BCUT2D eigenvalue weighted by Gasteiger charge is -2.13. The van der Waals surface area contributed by atoms with Crippen LogP contribution in [0.5, 0.6) is 0 Å². The van der Waals surface area contributed by atoms with E-state index in [1.807, 2.05) is 13.8 Å². The van der Waals surface area contributed by atoms with Gasteiger partial charge in [-0.2, -0.15) is 0 Å². The summed E-state index contributed by atoms with van der Waals surface area (Å²) in [4.78, 5) is 27.8. The predicted octanol–water partition coefficient (Wildman–Crippen LogP) is 1.94. The maximum Gasteiger partial charge on any atom is 0.252 e. The summed E-state index contributed by atoms with van der Waals surface area (Å²) in [5, 5.41) is 5.58. The van der Waals surface area contributed by atoms with E-state index >= 15 is 0 Å². The molecule has 20 heavy (non-hydrogen) atoms. The zero-order valence-electron chi connectivity index (χ0n) is 12.0. The Morgan fingerprint density at radius 3 is 2.65 bits per heavy atom. The van der Waals surface area contributed by atoms with Crippen LogP contribution in [0.4, 0.5) is 0 Å². The summed E-state index contributed by atoms with van der Waals surface area (Å²) >= 11 is 5.91. The normalized spacial score (nSPS) is 11.8. The molecule has 0 radical (unpaired) electrons. The Morgan fingerprint density at radius 2 is 2.05 bits per heavy atom. The molecule has 0 saturated carbocycles. The molecule has 0 aliphatic carbocycles. The van der Waals surface area contributed by atoms with Gasteiger partial charge in [0.1, 0.15) is 11.2 Å². The van der Waals surface area contributed by atoms with Crippen LogP contribution in [-0.4, -0.2) is 29.4 Å². The number of carbonyl (C=O) groups excluding carboxylic acids is 2. The van der Waals surface area contributed by atoms with Crippen LogP contribution in [0.15, 0.2) is 12.1 Å². The molecular formula is C14H20ClN3O2. The molecule has 0 fully saturated rings. The molecule has 0 saturated heterocycles. The van der Waals surface area contributed by atoms with Crippen molar-refractivity contribution in [3.05, 3.63) is 28.5 Å². The molecule has 2 N–H and O–H groups in total. The molecule has 1 aromatic heterocycles. The van der Waals surface area contributed by atoms with Gasteiger partial charge >= 0.3 is 0 Å². The van der Waals surface area contributed by atoms with E-state index in [2.05, 4.69) is 15.6 Å². The first-order valence-corrected chi connectivity index (χ1v) is 7.10. The SMILES string of the molecule is CCCc1cc(C(=O)NC(C)C(=O)NCC)cc(Cl)n1. The van der Waals surface area contributed by atoms with Crippen LogP contribution in [0.1, 0.15) is 43.2 Å². The number of hydrogen-bond acceptors (Lipinski definition) is 3. The minimum absolute atomic E-state index is 0.213. The Labute approximate surface area is 124 Å². The van der Waals surface area contributed by atoms with Crippen molar-refractivity contribution in [1.82, 2.24) is 15.6 Å². The number of pyridine rings is 1. The Kier molecular flexibility index (Phi) is 6.45. The van der Waals surface area contributed by atoms with Crippen LogP contribution < -0.4 is 10.6 Å². The highest BCUT2D eigenvalue weighted by Crippen LogP contribution is 2.12. The summed E-state index contributed by atoms with van der Waals surface area (Å²) in [6.07, 6.45) is 1.68. The molecule has 2 amide bonds. The Balaban J connectivity index is 2.79. The maximum absolute atomic E-state index is 12.1. The van der Waals surface area contributed by atoms with E-state index in [-0.39, 0.29) is 17.0 Å². The molecular weight excluding hydrogens is 278 g/mol. The van der Waals surface area contributed by atoms with Gasteiger partial charge in [-0.05, 0) is 32.4 Å². The van der Waals surface area contributed by atoms with Gasteiger partial charge in [0.15, 0.2) is 0 Å². The molecule has 0 aliphatic rings. The van der Waals surface area contributed by atoms with E-state index in [9.17, 15) is 9.59 Å². The monoisotopic (exact) mass is 297 g/mol. The molecule has 1 aromatic rings. The van der Waals surface area contributed by atoms with Crippen molar-refractivity contribution in [2.45, 2.75) is 39.7 Å². The van der Waals surface area contributed by atoms with E-state index < -0.39 is 6.04 Å². The van der Waals surface area contributed by atoms with Crippen molar-refractivity contribution in [2.24, 2.45) is 0 Å². The number of aromatic nitrogens is 1. The number of hydrogen-bond donors (Lipinski definition) is 2. The van der Waals surface area contributed by atoms with Gasteiger partial charge in [0, 0.05) is 17.8 Å². The molecule has 1 unspecified atom stereocenters. The maximum atomic E-state index is 12.1.